The van der Waals surface area contributed by atoms with Crippen LogP contribution in [0.3, 0.4) is 0 Å². The van der Waals surface area contributed by atoms with E-state index in [-0.39, 0.29) is 5.56 Å². The van der Waals surface area contributed by atoms with Gasteiger partial charge in [0.1, 0.15) is 11.9 Å². The van der Waals surface area contributed by atoms with Crippen LogP contribution < -0.4 is 0 Å². The smallest absolute Gasteiger partial charge is 0.141 e. The molecule has 0 unspecified atom stereocenters. The van der Waals surface area contributed by atoms with Gasteiger partial charge in [-0.3, -0.25) is 0 Å². The van der Waals surface area contributed by atoms with Gasteiger partial charge in [-0.15, -0.1) is 0 Å². The monoisotopic (exact) mass is 241 g/mol. The largest absolute Gasteiger partial charge is 0.216 e. The number of rotatable bonds is 2. The lowest BCUT2D eigenvalue weighted by atomic mass is 10.0. The second-order valence-electron chi connectivity index (χ2n) is 3.72. The van der Waals surface area contributed by atoms with Crippen molar-refractivity contribution in [3.63, 3.8) is 0 Å². The van der Waals surface area contributed by atoms with E-state index in [1.807, 2.05) is 0 Å². The van der Waals surface area contributed by atoms with E-state index in [0.29, 0.717) is 11.9 Å². The molecule has 0 aliphatic heterocycles. The Labute approximate surface area is 104 Å². The third-order valence-electron chi connectivity index (χ3n) is 2.59. The molecule has 0 spiro atoms. The first kappa shape index (κ1) is 12.0. The van der Waals surface area contributed by atoms with E-state index in [2.05, 4.69) is 0 Å². The first-order chi connectivity index (χ1) is 8.74. The Morgan fingerprint density at radius 1 is 1.00 bits per heavy atom. The Balaban J connectivity index is 2.37. The van der Waals surface area contributed by atoms with Crippen LogP contribution in [0.5, 0.6) is 0 Å². The van der Waals surface area contributed by atoms with Gasteiger partial charge in [-0.05, 0) is 34.9 Å². The van der Waals surface area contributed by atoms with Crippen LogP contribution >= 0.6 is 0 Å². The van der Waals surface area contributed by atoms with Crippen LogP contribution in [0.15, 0.2) is 48.8 Å². The molecule has 1 nitrogen and oxygen atoms in total. The number of nitriles is 1. The number of benzene rings is 2. The van der Waals surface area contributed by atoms with Gasteiger partial charge >= 0.3 is 0 Å². The highest BCUT2D eigenvalue weighted by Crippen LogP contribution is 2.22. The molecule has 3 heteroatoms. The number of hydrogen-bond acceptors (Lipinski definition) is 1. The molecule has 0 N–H and O–H groups in total. The Bertz CT molecular complexity index is 622. The molecule has 2 aromatic carbocycles. The van der Waals surface area contributed by atoms with Gasteiger partial charge in [0.25, 0.3) is 0 Å². The van der Waals surface area contributed by atoms with Crippen molar-refractivity contribution in [1.29, 1.82) is 5.26 Å². The van der Waals surface area contributed by atoms with Gasteiger partial charge < -0.3 is 0 Å². The lowest BCUT2D eigenvalue weighted by molar-refractivity contribution is 0.624. The highest BCUT2D eigenvalue weighted by Gasteiger charge is 2.04. The number of hydrogen-bond donors (Lipinski definition) is 0. The predicted octanol–water partition coefficient (Wildman–Crippen LogP) is 4.30. The summed E-state index contributed by atoms with van der Waals surface area (Å²) in [5.41, 5.74) is 2.25. The Morgan fingerprint density at radius 3 is 2.22 bits per heavy atom. The van der Waals surface area contributed by atoms with Gasteiger partial charge in [0, 0.05) is 0 Å². The maximum atomic E-state index is 13.5. The van der Waals surface area contributed by atoms with Gasteiger partial charge in [-0.25, -0.2) is 8.78 Å². The van der Waals surface area contributed by atoms with E-state index < -0.39 is 5.82 Å². The summed E-state index contributed by atoms with van der Waals surface area (Å²) in [6.45, 7) is 0. The normalized spacial score (nSPS) is 10.5. The van der Waals surface area contributed by atoms with Crippen molar-refractivity contribution in [1.82, 2.24) is 0 Å². The van der Waals surface area contributed by atoms with Crippen molar-refractivity contribution in [2.24, 2.45) is 0 Å². The second-order valence-corrected chi connectivity index (χ2v) is 3.72. The average molecular weight is 241 g/mol. The number of halogens is 2. The molecule has 0 heterocycles. The zero-order valence-electron chi connectivity index (χ0n) is 9.40. The SMILES string of the molecule is N#Cc1ccc(-c2ccc(C=CF)cc2)cc1F. The van der Waals surface area contributed by atoms with Crippen LogP contribution in [0.25, 0.3) is 17.2 Å². The van der Waals surface area contributed by atoms with Crippen LogP contribution in [0.1, 0.15) is 11.1 Å². The minimum absolute atomic E-state index is 0.0238. The molecule has 0 saturated heterocycles. The zero-order valence-corrected chi connectivity index (χ0v) is 9.40. The van der Waals surface area contributed by atoms with E-state index in [4.69, 9.17) is 5.26 Å². The van der Waals surface area contributed by atoms with E-state index in [1.165, 1.54) is 18.2 Å². The van der Waals surface area contributed by atoms with Crippen molar-refractivity contribution < 1.29 is 8.78 Å². The number of nitrogens with zero attached hydrogens (tertiary/aromatic N) is 1. The Morgan fingerprint density at radius 2 is 1.67 bits per heavy atom. The molecule has 0 atom stereocenters. The molecule has 0 amide bonds. The first-order valence-corrected chi connectivity index (χ1v) is 5.31. The van der Waals surface area contributed by atoms with Crippen molar-refractivity contribution in [3.8, 4) is 17.2 Å². The van der Waals surface area contributed by atoms with Gasteiger partial charge in [-0.1, -0.05) is 30.3 Å². The van der Waals surface area contributed by atoms with E-state index in [9.17, 15) is 8.78 Å². The highest BCUT2D eigenvalue weighted by molar-refractivity contribution is 5.66. The van der Waals surface area contributed by atoms with Crippen molar-refractivity contribution in [2.45, 2.75) is 0 Å². The van der Waals surface area contributed by atoms with Crippen molar-refractivity contribution in [2.75, 3.05) is 0 Å². The maximum Gasteiger partial charge on any atom is 0.141 e. The summed E-state index contributed by atoms with van der Waals surface area (Å²) in [7, 11) is 0. The van der Waals surface area contributed by atoms with Gasteiger partial charge in [0.15, 0.2) is 0 Å². The average Bonchev–Trinajstić information content (AvgIpc) is 2.40. The van der Waals surface area contributed by atoms with Crippen LogP contribution in [-0.4, -0.2) is 0 Å². The fourth-order valence-corrected chi connectivity index (χ4v) is 1.64. The fraction of sp³-hybridized carbons (Fsp3) is 0. The lowest BCUT2D eigenvalue weighted by Crippen LogP contribution is -1.85. The molecule has 0 bridgehead atoms. The molecule has 0 aliphatic rings. The predicted molar refractivity (Wildman–Crippen MR) is 66.7 cm³/mol. The maximum absolute atomic E-state index is 13.5. The van der Waals surface area contributed by atoms with Gasteiger partial charge in [0.05, 0.1) is 11.9 Å². The standard InChI is InChI=1S/C15H9F2N/c16-8-7-11-1-3-12(4-2-11)13-5-6-14(10-18)15(17)9-13/h1-9H. The summed E-state index contributed by atoms with van der Waals surface area (Å²) >= 11 is 0. The molecular formula is C15H9F2N. The Kier molecular flexibility index (Phi) is 3.49. The molecule has 0 aliphatic carbocycles. The molecule has 0 aromatic heterocycles. The third kappa shape index (κ3) is 2.44. The van der Waals surface area contributed by atoms with Crippen molar-refractivity contribution in [3.05, 3.63) is 65.7 Å². The molecule has 0 fully saturated rings. The van der Waals surface area contributed by atoms with Gasteiger partial charge in [0.2, 0.25) is 0 Å². The fourth-order valence-electron chi connectivity index (χ4n) is 1.64. The molecule has 2 rings (SSSR count). The molecular weight excluding hydrogens is 232 g/mol. The quantitative estimate of drug-likeness (QED) is 0.768. The lowest BCUT2D eigenvalue weighted by Gasteiger charge is -2.03. The van der Waals surface area contributed by atoms with Crippen LogP contribution in [-0.2, 0) is 0 Å². The summed E-state index contributed by atoms with van der Waals surface area (Å²) < 4.78 is 25.4. The molecule has 2 aromatic rings. The summed E-state index contributed by atoms with van der Waals surface area (Å²) in [5.74, 6) is -0.539. The second kappa shape index (κ2) is 5.24. The van der Waals surface area contributed by atoms with Crippen LogP contribution in [0.2, 0.25) is 0 Å². The first-order valence-electron chi connectivity index (χ1n) is 5.31. The Hall–Kier alpha value is -2.47. The van der Waals surface area contributed by atoms with E-state index in [1.54, 1.807) is 36.4 Å². The van der Waals surface area contributed by atoms with Crippen LogP contribution in [0, 0.1) is 17.1 Å². The topological polar surface area (TPSA) is 23.8 Å². The molecule has 18 heavy (non-hydrogen) atoms. The summed E-state index contributed by atoms with van der Waals surface area (Å²) in [4.78, 5) is 0. The minimum atomic E-state index is -0.539. The third-order valence-corrected chi connectivity index (χ3v) is 2.59. The van der Waals surface area contributed by atoms with Crippen LogP contribution in [0.4, 0.5) is 8.78 Å². The van der Waals surface area contributed by atoms with E-state index >= 15 is 0 Å². The van der Waals surface area contributed by atoms with E-state index in [0.717, 1.165) is 11.1 Å². The minimum Gasteiger partial charge on any atom is -0.216 e. The highest BCUT2D eigenvalue weighted by atomic mass is 19.1. The van der Waals surface area contributed by atoms with Crippen molar-refractivity contribution >= 4 is 6.08 Å². The molecule has 0 radical (unpaired) electrons. The summed E-state index contributed by atoms with van der Waals surface area (Å²) in [6, 6.07) is 13.2. The zero-order chi connectivity index (χ0) is 13.0. The summed E-state index contributed by atoms with van der Waals surface area (Å²) in [6.07, 6.45) is 1.81. The molecule has 88 valence electrons. The molecule has 0 saturated carbocycles. The van der Waals surface area contributed by atoms with Gasteiger partial charge in [-0.2, -0.15) is 5.26 Å². The summed E-state index contributed by atoms with van der Waals surface area (Å²) in [5, 5.41) is 8.64.